The van der Waals surface area contributed by atoms with E-state index in [4.69, 9.17) is 20.8 Å². The minimum Gasteiger partial charge on any atom is -0.447 e. The molecule has 2 rings (SSSR count). The summed E-state index contributed by atoms with van der Waals surface area (Å²) in [4.78, 5) is 0. The monoisotopic (exact) mass is 230 g/mol. The van der Waals surface area contributed by atoms with Gasteiger partial charge >= 0.3 is 0 Å². The molecule has 0 saturated carbocycles. The van der Waals surface area contributed by atoms with Gasteiger partial charge in [-0.05, 0) is 48.9 Å². The second kappa shape index (κ2) is 5.01. The lowest BCUT2D eigenvalue weighted by Crippen LogP contribution is -2.17. The van der Waals surface area contributed by atoms with Crippen LogP contribution in [0.1, 0.15) is 31.1 Å². The Kier molecular flexibility index (Phi) is 3.67. The summed E-state index contributed by atoms with van der Waals surface area (Å²) >= 11 is 5.65. The van der Waals surface area contributed by atoms with Crippen molar-refractivity contribution < 1.29 is 14.3 Å². The van der Waals surface area contributed by atoms with E-state index in [0.29, 0.717) is 16.9 Å². The molecule has 84 valence electrons. The largest absolute Gasteiger partial charge is 0.447 e. The second-order valence-corrected chi connectivity index (χ2v) is 4.32. The highest BCUT2D eigenvalue weighted by Gasteiger charge is 2.20. The Labute approximate surface area is 94.0 Å². The van der Waals surface area contributed by atoms with Gasteiger partial charge in [0.2, 0.25) is 0 Å². The number of aliphatic hydroxyl groups excluding tert-OH is 1. The number of rotatable bonds is 3. The van der Waals surface area contributed by atoms with Gasteiger partial charge in [-0.2, -0.15) is 0 Å². The lowest BCUT2D eigenvalue weighted by Gasteiger charge is -2.23. The quantitative estimate of drug-likeness (QED) is 0.868. The maximum atomic E-state index is 9.89. The minimum atomic E-state index is -0.541. The standard InChI is InChI=1S/C11H15ClO3/c12-11-2-1-10(15-11)9(13)7-8-3-5-14-6-4-8/h1-2,8-9,13H,3-7H2. The number of aliphatic hydroxyl groups is 1. The van der Waals surface area contributed by atoms with E-state index in [0.717, 1.165) is 32.5 Å². The Hall–Kier alpha value is -0.510. The lowest BCUT2D eigenvalue weighted by atomic mass is 9.93. The molecule has 2 heterocycles. The molecule has 1 atom stereocenters. The Morgan fingerprint density at radius 1 is 1.40 bits per heavy atom. The summed E-state index contributed by atoms with van der Waals surface area (Å²) in [6.45, 7) is 1.60. The van der Waals surface area contributed by atoms with Crippen LogP contribution in [0.25, 0.3) is 0 Å². The van der Waals surface area contributed by atoms with Crippen molar-refractivity contribution >= 4 is 11.6 Å². The van der Waals surface area contributed by atoms with Gasteiger partial charge < -0.3 is 14.3 Å². The minimum absolute atomic E-state index is 0.330. The summed E-state index contributed by atoms with van der Waals surface area (Å²) in [5.74, 6) is 1.09. The average molecular weight is 231 g/mol. The molecule has 1 aliphatic rings. The number of furan rings is 1. The molecule has 15 heavy (non-hydrogen) atoms. The van der Waals surface area contributed by atoms with Crippen LogP contribution in [0.4, 0.5) is 0 Å². The van der Waals surface area contributed by atoms with Gasteiger partial charge in [-0.25, -0.2) is 0 Å². The SMILES string of the molecule is OC(CC1CCOCC1)c1ccc(Cl)o1. The smallest absolute Gasteiger partial charge is 0.193 e. The van der Waals surface area contributed by atoms with Gasteiger partial charge in [0.1, 0.15) is 11.9 Å². The number of hydrogen-bond donors (Lipinski definition) is 1. The van der Waals surface area contributed by atoms with Crippen LogP contribution in [-0.2, 0) is 4.74 Å². The van der Waals surface area contributed by atoms with Crippen molar-refractivity contribution in [2.75, 3.05) is 13.2 Å². The predicted octanol–water partition coefficient (Wildman–Crippen LogP) is 2.78. The molecule has 0 aliphatic carbocycles. The molecule has 1 aliphatic heterocycles. The first-order chi connectivity index (χ1) is 7.25. The van der Waals surface area contributed by atoms with Gasteiger partial charge in [0.05, 0.1) is 0 Å². The third-order valence-corrected chi connectivity index (χ3v) is 3.02. The van der Waals surface area contributed by atoms with Crippen LogP contribution in [-0.4, -0.2) is 18.3 Å². The van der Waals surface area contributed by atoms with E-state index in [-0.39, 0.29) is 0 Å². The van der Waals surface area contributed by atoms with Crippen molar-refractivity contribution in [3.63, 3.8) is 0 Å². The molecule has 1 unspecified atom stereocenters. The molecule has 0 amide bonds. The second-order valence-electron chi connectivity index (χ2n) is 3.95. The molecule has 0 aromatic carbocycles. The summed E-state index contributed by atoms with van der Waals surface area (Å²) < 4.78 is 10.4. The summed E-state index contributed by atoms with van der Waals surface area (Å²) in [5.41, 5.74) is 0. The number of hydrogen-bond acceptors (Lipinski definition) is 3. The Morgan fingerprint density at radius 3 is 2.73 bits per heavy atom. The van der Waals surface area contributed by atoms with Crippen LogP contribution in [0.3, 0.4) is 0 Å². The fraction of sp³-hybridized carbons (Fsp3) is 0.636. The first-order valence-corrected chi connectivity index (χ1v) is 5.64. The van der Waals surface area contributed by atoms with Crippen LogP contribution in [0.2, 0.25) is 5.22 Å². The van der Waals surface area contributed by atoms with E-state index in [1.54, 1.807) is 12.1 Å². The molecular formula is C11H15ClO3. The summed E-state index contributed by atoms with van der Waals surface area (Å²) in [6.07, 6.45) is 2.23. The molecule has 1 saturated heterocycles. The zero-order valence-electron chi connectivity index (χ0n) is 8.49. The van der Waals surface area contributed by atoms with Crippen LogP contribution in [0, 0.1) is 5.92 Å². The maximum Gasteiger partial charge on any atom is 0.193 e. The van der Waals surface area contributed by atoms with E-state index in [9.17, 15) is 5.11 Å². The normalized spacial score (nSPS) is 20.4. The van der Waals surface area contributed by atoms with Crippen molar-refractivity contribution in [1.82, 2.24) is 0 Å². The predicted molar refractivity (Wildman–Crippen MR) is 56.8 cm³/mol. The highest BCUT2D eigenvalue weighted by molar-refractivity contribution is 6.28. The molecule has 0 radical (unpaired) electrons. The Morgan fingerprint density at radius 2 is 2.13 bits per heavy atom. The van der Waals surface area contributed by atoms with Gasteiger partial charge in [-0.15, -0.1) is 0 Å². The van der Waals surface area contributed by atoms with Crippen LogP contribution in [0.15, 0.2) is 16.5 Å². The average Bonchev–Trinajstić information content (AvgIpc) is 2.66. The molecule has 0 bridgehead atoms. The number of ether oxygens (including phenoxy) is 1. The van der Waals surface area contributed by atoms with Gasteiger partial charge in [-0.3, -0.25) is 0 Å². The molecule has 0 spiro atoms. The fourth-order valence-electron chi connectivity index (χ4n) is 1.92. The molecule has 1 aromatic heterocycles. The lowest BCUT2D eigenvalue weighted by molar-refractivity contribution is 0.0388. The summed E-state index contributed by atoms with van der Waals surface area (Å²) in [6, 6.07) is 3.39. The van der Waals surface area contributed by atoms with Crippen molar-refractivity contribution in [3.8, 4) is 0 Å². The van der Waals surface area contributed by atoms with E-state index < -0.39 is 6.10 Å². The molecule has 1 N–H and O–H groups in total. The molecule has 3 nitrogen and oxygen atoms in total. The first-order valence-electron chi connectivity index (χ1n) is 5.27. The molecular weight excluding hydrogens is 216 g/mol. The topological polar surface area (TPSA) is 42.6 Å². The highest BCUT2D eigenvalue weighted by atomic mass is 35.5. The molecule has 1 fully saturated rings. The van der Waals surface area contributed by atoms with Gasteiger partial charge in [0, 0.05) is 13.2 Å². The van der Waals surface area contributed by atoms with E-state index in [2.05, 4.69) is 0 Å². The Balaban J connectivity index is 1.88. The van der Waals surface area contributed by atoms with Crippen LogP contribution < -0.4 is 0 Å². The van der Waals surface area contributed by atoms with E-state index >= 15 is 0 Å². The van der Waals surface area contributed by atoms with E-state index in [1.165, 1.54) is 0 Å². The summed E-state index contributed by atoms with van der Waals surface area (Å²) in [7, 11) is 0. The molecule has 4 heteroatoms. The number of halogens is 1. The van der Waals surface area contributed by atoms with Crippen molar-refractivity contribution in [3.05, 3.63) is 23.1 Å². The zero-order valence-corrected chi connectivity index (χ0v) is 9.24. The van der Waals surface area contributed by atoms with Gasteiger partial charge in [0.15, 0.2) is 5.22 Å². The Bertz CT molecular complexity index is 305. The van der Waals surface area contributed by atoms with Crippen LogP contribution in [0.5, 0.6) is 0 Å². The first kappa shape index (κ1) is 11.0. The summed E-state index contributed by atoms with van der Waals surface area (Å²) in [5, 5.41) is 10.2. The van der Waals surface area contributed by atoms with Crippen molar-refractivity contribution in [2.45, 2.75) is 25.4 Å². The third kappa shape index (κ3) is 2.97. The maximum absolute atomic E-state index is 9.89. The van der Waals surface area contributed by atoms with E-state index in [1.807, 2.05) is 0 Å². The molecule has 1 aromatic rings. The van der Waals surface area contributed by atoms with Gasteiger partial charge in [-0.1, -0.05) is 0 Å². The third-order valence-electron chi connectivity index (χ3n) is 2.82. The van der Waals surface area contributed by atoms with Crippen molar-refractivity contribution in [1.29, 1.82) is 0 Å². The van der Waals surface area contributed by atoms with Gasteiger partial charge in [0.25, 0.3) is 0 Å². The van der Waals surface area contributed by atoms with Crippen molar-refractivity contribution in [2.24, 2.45) is 5.92 Å². The zero-order chi connectivity index (χ0) is 10.7. The highest BCUT2D eigenvalue weighted by Crippen LogP contribution is 2.29. The fourth-order valence-corrected chi connectivity index (χ4v) is 2.07. The van der Waals surface area contributed by atoms with Crippen LogP contribution >= 0.6 is 11.6 Å².